The van der Waals surface area contributed by atoms with Crippen LogP contribution in [-0.2, 0) is 79.7 Å². The van der Waals surface area contributed by atoms with Crippen molar-refractivity contribution in [2.24, 2.45) is 0 Å². The summed E-state index contributed by atoms with van der Waals surface area (Å²) < 4.78 is 36.6. The Bertz CT molecular complexity index is 3930. The minimum Gasteiger partial charge on any atom is -0.478 e. The molecule has 7 aliphatic rings. The average Bonchev–Trinajstić information content (AvgIpc) is 1.64. The van der Waals surface area contributed by atoms with E-state index in [1.807, 2.05) is 53.4 Å². The third-order valence-electron chi connectivity index (χ3n) is 17.5. The Morgan fingerprint density at radius 1 is 0.449 bits per heavy atom. The molecule has 6 aliphatic heterocycles. The third-order valence-corrected chi connectivity index (χ3v) is 17.5. The number of nitrogens with one attached hydrogen (secondary N) is 1. The maximum Gasteiger partial charge on any atom is 0.412 e. The number of anilines is 4. The zero-order valence-corrected chi connectivity index (χ0v) is 56.0. The molecule has 2 N–H and O–H groups in total. The number of amides is 4. The summed E-state index contributed by atoms with van der Waals surface area (Å²) in [4.78, 5) is 120. The van der Waals surface area contributed by atoms with Crippen LogP contribution in [0.15, 0.2) is 121 Å². The number of carbonyl (C=O) groups excluding carboxylic acids is 8. The molecule has 0 spiro atoms. The molecule has 24 nitrogen and oxygen atoms in total. The number of carboxylic acids is 1. The highest BCUT2D eigenvalue weighted by atomic mass is 16.6. The van der Waals surface area contributed by atoms with E-state index in [1.165, 1.54) is 14.2 Å². The standard InChI is InChI=1S/C32H35N3O6.C16H20N2O4.C15H18N2O4.C11H10O3/c1-32(2,3)41-31(38)33-26-11-9-23(22-7-5-4-6-8-22)20-28(26)40-30(37)24-10-12-27-25(19-24)21-29(36)35(27)14-13-34-15-17-39-18-16-34;1-21-16(20)12-2-3-14-13(10-12)11-15(19)18(14)5-4-17-6-8-22-9-7-17;18-14-10-12-9-11(15(19)20)1-2-13(12)17(14)4-3-16-5-7-21-8-6-16;1-14-11(13)8-3-2-7-5-10(12)6-9(7)4-8/h4-12,19-20H,13-18,21H2,1-3H3,(H,33,38);2-3,10H,4-9,11H2,1H3;1-2,9H,3-8,10H2,(H,19,20);2-4H,5-6H2,1H3. The van der Waals surface area contributed by atoms with Gasteiger partial charge < -0.3 is 53.0 Å². The summed E-state index contributed by atoms with van der Waals surface area (Å²) in [6.45, 7) is 19.4. The molecule has 6 aromatic carbocycles. The van der Waals surface area contributed by atoms with E-state index in [2.05, 4.69) is 24.8 Å². The van der Waals surface area contributed by atoms with Crippen molar-refractivity contribution < 1.29 is 81.4 Å². The first kappa shape index (κ1) is 71.1. The molecular formula is C74H83N7O17. The lowest BCUT2D eigenvalue weighted by Crippen LogP contribution is -2.42. The second-order valence-electron chi connectivity index (χ2n) is 25.3. The number of carboxylic acid groups (broad SMARTS) is 1. The highest BCUT2D eigenvalue weighted by molar-refractivity contribution is 6.05. The molecule has 0 aromatic heterocycles. The molecule has 1 aliphatic carbocycles. The minimum atomic E-state index is -0.961. The van der Waals surface area contributed by atoms with Gasteiger partial charge in [0.1, 0.15) is 11.4 Å². The highest BCUT2D eigenvalue weighted by Gasteiger charge is 2.32. The number of morpholine rings is 3. The van der Waals surface area contributed by atoms with Crippen molar-refractivity contribution in [3.05, 3.63) is 171 Å². The number of ether oxygens (including phenoxy) is 7. The molecule has 0 atom stereocenters. The lowest BCUT2D eigenvalue weighted by molar-refractivity contribution is -0.118. The summed E-state index contributed by atoms with van der Waals surface area (Å²) in [5.74, 6) is -1.74. The first-order valence-electron chi connectivity index (χ1n) is 32.9. The van der Waals surface area contributed by atoms with E-state index in [0.717, 1.165) is 141 Å². The van der Waals surface area contributed by atoms with E-state index < -0.39 is 23.6 Å². The maximum absolute atomic E-state index is 13.3. The lowest BCUT2D eigenvalue weighted by Gasteiger charge is -2.28. The largest absolute Gasteiger partial charge is 0.478 e. The normalized spacial score (nSPS) is 16.6. The zero-order chi connectivity index (χ0) is 69.5. The van der Waals surface area contributed by atoms with Gasteiger partial charge in [0.25, 0.3) is 0 Å². The Kier molecular flexibility index (Phi) is 24.0. The molecule has 13 rings (SSSR count). The van der Waals surface area contributed by atoms with Crippen LogP contribution >= 0.6 is 0 Å². The molecule has 6 heterocycles. The molecule has 0 radical (unpaired) electrons. The molecule has 0 bridgehead atoms. The number of esters is 3. The third kappa shape index (κ3) is 18.7. The number of hydrogen-bond donors (Lipinski definition) is 2. The molecule has 516 valence electrons. The van der Waals surface area contributed by atoms with E-state index in [0.29, 0.717) is 80.9 Å². The summed E-state index contributed by atoms with van der Waals surface area (Å²) >= 11 is 0. The first-order valence-corrected chi connectivity index (χ1v) is 32.9. The van der Waals surface area contributed by atoms with Crippen molar-refractivity contribution in [3.63, 3.8) is 0 Å². The number of hydrogen-bond acceptors (Lipinski definition) is 19. The van der Waals surface area contributed by atoms with E-state index in [9.17, 15) is 43.2 Å². The number of ketones is 1. The number of nitrogens with zero attached hydrogens (tertiary/aromatic N) is 6. The second-order valence-corrected chi connectivity index (χ2v) is 25.3. The summed E-state index contributed by atoms with van der Waals surface area (Å²) in [5, 5.41) is 11.7. The van der Waals surface area contributed by atoms with Gasteiger partial charge in [-0.15, -0.1) is 0 Å². The van der Waals surface area contributed by atoms with Gasteiger partial charge in [0, 0.05) is 108 Å². The van der Waals surface area contributed by atoms with E-state index in [4.69, 9.17) is 33.5 Å². The van der Waals surface area contributed by atoms with Gasteiger partial charge in [0.15, 0.2) is 5.75 Å². The number of aromatic carboxylic acids is 1. The fourth-order valence-electron chi connectivity index (χ4n) is 12.4. The van der Waals surface area contributed by atoms with Gasteiger partial charge in [-0.05, 0) is 139 Å². The van der Waals surface area contributed by atoms with Crippen molar-refractivity contribution in [2.75, 3.05) is 152 Å². The maximum atomic E-state index is 13.3. The van der Waals surface area contributed by atoms with Gasteiger partial charge in [-0.2, -0.15) is 0 Å². The number of fused-ring (bicyclic) bond motifs is 4. The molecule has 24 heteroatoms. The SMILES string of the molecule is CC(C)(C)OC(=O)Nc1ccc(-c2ccccc2)cc1OC(=O)c1ccc2c(c1)CC(=O)N2CCN1CCOCC1.COC(=O)c1ccc2c(c1)CC(=O)C2.COC(=O)c1ccc2c(c1)CC(=O)N2CCN1CCOCC1.O=C(O)c1ccc2c(c1)CC(=O)N2CCN1CCOCC1. The first-order chi connectivity index (χ1) is 47.2. The topological polar surface area (TPSA) is 270 Å². The lowest BCUT2D eigenvalue weighted by atomic mass is 10.0. The Morgan fingerprint density at radius 2 is 0.857 bits per heavy atom. The summed E-state index contributed by atoms with van der Waals surface area (Å²) in [6.07, 6.45) is 1.16. The van der Waals surface area contributed by atoms with Crippen molar-refractivity contribution in [2.45, 2.75) is 58.5 Å². The molecule has 98 heavy (non-hydrogen) atoms. The van der Waals surface area contributed by atoms with E-state index in [-0.39, 0.29) is 53.2 Å². The Hall–Kier alpha value is -9.69. The zero-order valence-electron chi connectivity index (χ0n) is 56.0. The molecular weight excluding hydrogens is 1260 g/mol. The quantitative estimate of drug-likeness (QED) is 0.0537. The van der Waals surface area contributed by atoms with Crippen LogP contribution in [0.3, 0.4) is 0 Å². The monoisotopic (exact) mass is 1340 g/mol. The fourth-order valence-corrected chi connectivity index (χ4v) is 12.4. The molecule has 6 aromatic rings. The Morgan fingerprint density at radius 3 is 1.30 bits per heavy atom. The van der Waals surface area contributed by atoms with Gasteiger partial charge in [-0.1, -0.05) is 42.5 Å². The van der Waals surface area contributed by atoms with Crippen LogP contribution in [0.2, 0.25) is 0 Å². The molecule has 0 saturated carbocycles. The van der Waals surface area contributed by atoms with Crippen LogP contribution in [0, 0.1) is 0 Å². The van der Waals surface area contributed by atoms with Crippen molar-refractivity contribution in [1.82, 2.24) is 14.7 Å². The van der Waals surface area contributed by atoms with Gasteiger partial charge >= 0.3 is 30.0 Å². The van der Waals surface area contributed by atoms with Crippen molar-refractivity contribution in [1.29, 1.82) is 0 Å². The summed E-state index contributed by atoms with van der Waals surface area (Å²) in [5.41, 5.74) is 9.97. The number of benzene rings is 6. The fraction of sp³-hybridized carbons (Fsp3) is 0.392. The van der Waals surface area contributed by atoms with Crippen LogP contribution in [0.25, 0.3) is 11.1 Å². The molecule has 3 fully saturated rings. The van der Waals surface area contributed by atoms with Crippen molar-refractivity contribution >= 4 is 76.2 Å². The summed E-state index contributed by atoms with van der Waals surface area (Å²) in [6, 6.07) is 35.6. The van der Waals surface area contributed by atoms with Gasteiger partial charge in [0.2, 0.25) is 17.7 Å². The smallest absolute Gasteiger partial charge is 0.412 e. The van der Waals surface area contributed by atoms with Crippen LogP contribution in [0.4, 0.5) is 27.5 Å². The Balaban J connectivity index is 0.000000154. The molecule has 3 saturated heterocycles. The van der Waals surface area contributed by atoms with Crippen LogP contribution in [0.5, 0.6) is 5.75 Å². The summed E-state index contributed by atoms with van der Waals surface area (Å²) in [7, 11) is 2.70. The van der Waals surface area contributed by atoms with Gasteiger partial charge in [-0.3, -0.25) is 39.2 Å². The van der Waals surface area contributed by atoms with Gasteiger partial charge in [0.05, 0.1) is 101 Å². The van der Waals surface area contributed by atoms with E-state index >= 15 is 0 Å². The highest BCUT2D eigenvalue weighted by Crippen LogP contribution is 2.36. The number of carbonyl (C=O) groups is 9. The van der Waals surface area contributed by atoms with Gasteiger partial charge in [-0.25, -0.2) is 24.0 Å². The number of methoxy groups -OCH3 is 2. The van der Waals surface area contributed by atoms with Crippen LogP contribution in [0.1, 0.15) is 90.0 Å². The van der Waals surface area contributed by atoms with Crippen LogP contribution in [-0.4, -0.2) is 211 Å². The molecule has 4 amide bonds. The average molecular weight is 1340 g/mol. The van der Waals surface area contributed by atoms with Crippen LogP contribution < -0.4 is 24.8 Å². The predicted octanol–water partition coefficient (Wildman–Crippen LogP) is 7.58. The van der Waals surface area contributed by atoms with E-state index in [1.54, 1.807) is 103 Å². The number of rotatable bonds is 16. The van der Waals surface area contributed by atoms with Crippen molar-refractivity contribution in [3.8, 4) is 16.9 Å². The predicted molar refractivity (Wildman–Crippen MR) is 364 cm³/mol. The minimum absolute atomic E-state index is 0.0122. The second kappa shape index (κ2) is 33.0. The number of Topliss-reactive ketones (excluding diaryl/α,β-unsaturated/α-hetero) is 1. The molecule has 0 unspecified atom stereocenters. The Labute approximate surface area is 569 Å².